The van der Waals surface area contributed by atoms with Gasteiger partial charge in [-0.2, -0.15) is 0 Å². The molecular weight excluding hydrogens is 179 g/mol. The lowest BCUT2D eigenvalue weighted by atomic mass is 10.1. The van der Waals surface area contributed by atoms with Crippen LogP contribution in [0.5, 0.6) is 0 Å². The molecule has 0 aliphatic heterocycles. The van der Waals surface area contributed by atoms with E-state index in [1.807, 2.05) is 24.3 Å². The maximum atomic E-state index is 12.2. The summed E-state index contributed by atoms with van der Waals surface area (Å²) >= 11 is 0. The number of hydrogen-bond acceptors (Lipinski definition) is 2. The van der Waals surface area contributed by atoms with E-state index < -0.39 is 6.80 Å². The zero-order valence-corrected chi connectivity index (χ0v) is 8.54. The van der Waals surface area contributed by atoms with Gasteiger partial charge in [-0.05, 0) is 31.1 Å². The number of alkyl halides is 1. The van der Waals surface area contributed by atoms with Crippen LogP contribution < -0.4 is 5.73 Å². The lowest BCUT2D eigenvalue weighted by Gasteiger charge is -2.11. The fourth-order valence-corrected chi connectivity index (χ4v) is 1.33. The Morgan fingerprint density at radius 3 is 2.29 bits per heavy atom. The number of nitrogens with zero attached hydrogens (tertiary/aromatic N) is 1. The number of hydrogen-bond donors (Lipinski definition) is 1. The van der Waals surface area contributed by atoms with Crippen molar-refractivity contribution in [3.05, 3.63) is 35.4 Å². The summed E-state index contributed by atoms with van der Waals surface area (Å²) in [6.45, 7) is 0.910. The Hall–Kier alpha value is -0.930. The second-order valence-corrected chi connectivity index (χ2v) is 3.49. The van der Waals surface area contributed by atoms with Crippen molar-refractivity contribution in [2.45, 2.75) is 13.0 Å². The minimum Gasteiger partial charge on any atom is -0.330 e. The minimum atomic E-state index is -0.412. The Labute approximate surface area is 84.5 Å². The molecule has 0 aliphatic rings. The van der Waals surface area contributed by atoms with Crippen molar-refractivity contribution < 1.29 is 4.39 Å². The maximum Gasteiger partial charge on any atom is 0.143 e. The first-order valence-corrected chi connectivity index (χ1v) is 4.78. The number of benzene rings is 1. The van der Waals surface area contributed by atoms with Gasteiger partial charge >= 0.3 is 0 Å². The van der Waals surface area contributed by atoms with Crippen molar-refractivity contribution in [1.29, 1.82) is 0 Å². The average molecular weight is 196 g/mol. The first kappa shape index (κ1) is 11.1. The van der Waals surface area contributed by atoms with Gasteiger partial charge in [0.1, 0.15) is 6.80 Å². The van der Waals surface area contributed by atoms with Crippen molar-refractivity contribution in [2.75, 3.05) is 20.4 Å². The third-order valence-corrected chi connectivity index (χ3v) is 2.11. The highest BCUT2D eigenvalue weighted by molar-refractivity contribution is 5.22. The van der Waals surface area contributed by atoms with Gasteiger partial charge in [-0.25, -0.2) is 4.39 Å². The average Bonchev–Trinajstić information content (AvgIpc) is 2.21. The van der Waals surface area contributed by atoms with Crippen molar-refractivity contribution in [1.82, 2.24) is 4.90 Å². The molecular formula is C11H17FN2. The second kappa shape index (κ2) is 5.73. The highest BCUT2D eigenvalue weighted by Gasteiger charge is 1.98. The lowest BCUT2D eigenvalue weighted by Crippen LogP contribution is -2.15. The molecule has 3 heteroatoms. The highest BCUT2D eigenvalue weighted by atomic mass is 19.1. The predicted molar refractivity (Wildman–Crippen MR) is 56.6 cm³/mol. The van der Waals surface area contributed by atoms with Crippen LogP contribution in [0.3, 0.4) is 0 Å². The molecule has 0 bridgehead atoms. The van der Waals surface area contributed by atoms with E-state index in [4.69, 9.17) is 5.73 Å². The van der Waals surface area contributed by atoms with Gasteiger partial charge in [0.05, 0.1) is 0 Å². The number of nitrogens with two attached hydrogens (primary N) is 1. The zero-order valence-electron chi connectivity index (χ0n) is 8.54. The molecule has 2 nitrogen and oxygen atoms in total. The van der Waals surface area contributed by atoms with Crippen molar-refractivity contribution >= 4 is 0 Å². The fourth-order valence-electron chi connectivity index (χ4n) is 1.33. The van der Waals surface area contributed by atoms with Crippen LogP contribution in [-0.4, -0.2) is 25.3 Å². The molecule has 0 saturated carbocycles. The molecule has 1 rings (SSSR count). The summed E-state index contributed by atoms with van der Waals surface area (Å²) in [4.78, 5) is 1.62. The van der Waals surface area contributed by atoms with Gasteiger partial charge in [-0.3, -0.25) is 4.90 Å². The van der Waals surface area contributed by atoms with Gasteiger partial charge in [0.25, 0.3) is 0 Å². The Morgan fingerprint density at radius 1 is 1.21 bits per heavy atom. The quantitative estimate of drug-likeness (QED) is 0.724. The Balaban J connectivity index is 2.54. The molecule has 0 aliphatic carbocycles. The molecule has 0 saturated heterocycles. The molecule has 1 aromatic rings. The number of halogens is 1. The van der Waals surface area contributed by atoms with Crippen LogP contribution in [0.1, 0.15) is 11.1 Å². The molecule has 14 heavy (non-hydrogen) atoms. The van der Waals surface area contributed by atoms with E-state index >= 15 is 0 Å². The van der Waals surface area contributed by atoms with E-state index in [-0.39, 0.29) is 0 Å². The molecule has 0 unspecified atom stereocenters. The third-order valence-electron chi connectivity index (χ3n) is 2.11. The molecule has 1 aromatic carbocycles. The SMILES string of the molecule is CN(CF)Cc1ccc(CCN)cc1. The van der Waals surface area contributed by atoms with Gasteiger partial charge in [0.2, 0.25) is 0 Å². The monoisotopic (exact) mass is 196 g/mol. The maximum absolute atomic E-state index is 12.2. The van der Waals surface area contributed by atoms with E-state index in [9.17, 15) is 4.39 Å². The Kier molecular flexibility index (Phi) is 4.56. The number of rotatable bonds is 5. The molecule has 0 radical (unpaired) electrons. The van der Waals surface area contributed by atoms with E-state index in [0.717, 1.165) is 12.0 Å². The summed E-state index contributed by atoms with van der Waals surface area (Å²) in [5.74, 6) is 0. The molecule has 0 atom stereocenters. The first-order valence-electron chi connectivity index (χ1n) is 4.78. The van der Waals surface area contributed by atoms with Crippen LogP contribution >= 0.6 is 0 Å². The fraction of sp³-hybridized carbons (Fsp3) is 0.455. The van der Waals surface area contributed by atoms with Crippen LogP contribution in [0.15, 0.2) is 24.3 Å². The Bertz CT molecular complexity index is 258. The molecule has 0 fully saturated rings. The first-order chi connectivity index (χ1) is 6.76. The minimum absolute atomic E-state index is 0.412. The third kappa shape index (κ3) is 3.44. The topological polar surface area (TPSA) is 29.3 Å². The molecule has 0 amide bonds. The van der Waals surface area contributed by atoms with Gasteiger partial charge in [-0.1, -0.05) is 24.3 Å². The van der Waals surface area contributed by atoms with Crippen molar-refractivity contribution in [3.8, 4) is 0 Å². The van der Waals surface area contributed by atoms with E-state index in [0.29, 0.717) is 13.1 Å². The summed E-state index contributed by atoms with van der Waals surface area (Å²) in [5, 5.41) is 0. The van der Waals surface area contributed by atoms with Crippen LogP contribution in [0.2, 0.25) is 0 Å². The van der Waals surface area contributed by atoms with Gasteiger partial charge < -0.3 is 5.73 Å². The normalized spacial score (nSPS) is 10.9. The lowest BCUT2D eigenvalue weighted by molar-refractivity contribution is 0.217. The highest BCUT2D eigenvalue weighted by Crippen LogP contribution is 2.06. The molecule has 0 heterocycles. The second-order valence-electron chi connectivity index (χ2n) is 3.49. The van der Waals surface area contributed by atoms with Gasteiger partial charge in [-0.15, -0.1) is 0 Å². The van der Waals surface area contributed by atoms with Crippen LogP contribution in [-0.2, 0) is 13.0 Å². The van der Waals surface area contributed by atoms with Crippen LogP contribution in [0, 0.1) is 0 Å². The summed E-state index contributed by atoms with van der Waals surface area (Å²) < 4.78 is 12.2. The van der Waals surface area contributed by atoms with Crippen molar-refractivity contribution in [3.63, 3.8) is 0 Å². The van der Waals surface area contributed by atoms with Gasteiger partial charge in [0.15, 0.2) is 0 Å². The Morgan fingerprint density at radius 2 is 1.79 bits per heavy atom. The smallest absolute Gasteiger partial charge is 0.143 e. The van der Waals surface area contributed by atoms with Gasteiger partial charge in [0, 0.05) is 6.54 Å². The largest absolute Gasteiger partial charge is 0.330 e. The standard InChI is InChI=1S/C11H17FN2/c1-14(9-12)8-11-4-2-10(3-5-11)6-7-13/h2-5H,6-9,13H2,1H3. The molecule has 2 N–H and O–H groups in total. The molecule has 0 aromatic heterocycles. The molecule has 78 valence electrons. The summed E-state index contributed by atoms with van der Waals surface area (Å²) in [5.41, 5.74) is 7.81. The molecule has 0 spiro atoms. The van der Waals surface area contributed by atoms with E-state index in [2.05, 4.69) is 0 Å². The predicted octanol–water partition coefficient (Wildman–Crippen LogP) is 1.55. The van der Waals surface area contributed by atoms with Crippen LogP contribution in [0.25, 0.3) is 0 Å². The van der Waals surface area contributed by atoms with E-state index in [1.54, 1.807) is 11.9 Å². The van der Waals surface area contributed by atoms with Crippen LogP contribution in [0.4, 0.5) is 4.39 Å². The summed E-state index contributed by atoms with van der Waals surface area (Å²) in [7, 11) is 1.76. The summed E-state index contributed by atoms with van der Waals surface area (Å²) in [6, 6.07) is 8.15. The summed E-state index contributed by atoms with van der Waals surface area (Å²) in [6.07, 6.45) is 0.902. The van der Waals surface area contributed by atoms with Crippen molar-refractivity contribution in [2.24, 2.45) is 5.73 Å². The zero-order chi connectivity index (χ0) is 10.4. The van der Waals surface area contributed by atoms with E-state index in [1.165, 1.54) is 5.56 Å².